The molecule has 1 aliphatic rings. The number of aryl methyl sites for hydroxylation is 1. The number of carbonyl (C=O) groups is 1. The highest BCUT2D eigenvalue weighted by Gasteiger charge is 2.20. The summed E-state index contributed by atoms with van der Waals surface area (Å²) in [5.74, 6) is 0.589. The van der Waals surface area contributed by atoms with E-state index in [4.69, 9.17) is 15.2 Å². The van der Waals surface area contributed by atoms with E-state index in [1.165, 1.54) is 0 Å². The second-order valence-electron chi connectivity index (χ2n) is 6.32. The second-order valence-corrected chi connectivity index (χ2v) is 6.32. The molecule has 26 heavy (non-hydrogen) atoms. The van der Waals surface area contributed by atoms with Gasteiger partial charge in [0.15, 0.2) is 0 Å². The standard InChI is InChI=1S/C20H24N2O3.ClH/c1-14-7-8-16(18(11-14)25-17-9-10-24-13-17)12-22-20(23)19(21)15-5-3-2-4-6-15;/h2-8,11,17,19H,9-10,12-13,21H2,1H3,(H,22,23);1H. The van der Waals surface area contributed by atoms with Crippen LogP contribution >= 0.6 is 12.4 Å². The van der Waals surface area contributed by atoms with E-state index in [1.54, 1.807) is 0 Å². The number of carbonyl (C=O) groups excluding carboxylic acids is 1. The maximum absolute atomic E-state index is 12.3. The first kappa shape index (κ1) is 20.2. The minimum Gasteiger partial charge on any atom is -0.488 e. The van der Waals surface area contributed by atoms with Crippen LogP contribution in [0.4, 0.5) is 0 Å². The number of halogens is 1. The first-order valence-corrected chi connectivity index (χ1v) is 8.55. The minimum atomic E-state index is -0.681. The van der Waals surface area contributed by atoms with Crippen molar-refractivity contribution in [1.82, 2.24) is 5.32 Å². The van der Waals surface area contributed by atoms with E-state index in [-0.39, 0.29) is 24.4 Å². The summed E-state index contributed by atoms with van der Waals surface area (Å²) in [6.07, 6.45) is 0.960. The Labute approximate surface area is 160 Å². The predicted octanol–water partition coefficient (Wildman–Crippen LogP) is 2.90. The van der Waals surface area contributed by atoms with Gasteiger partial charge in [-0.2, -0.15) is 0 Å². The average molecular weight is 377 g/mol. The summed E-state index contributed by atoms with van der Waals surface area (Å²) in [6.45, 7) is 3.74. The van der Waals surface area contributed by atoms with Gasteiger partial charge < -0.3 is 20.5 Å². The largest absolute Gasteiger partial charge is 0.488 e. The molecule has 3 rings (SSSR count). The van der Waals surface area contributed by atoms with Crippen LogP contribution in [0.2, 0.25) is 0 Å². The number of nitrogens with two attached hydrogens (primary N) is 1. The fraction of sp³-hybridized carbons (Fsp3) is 0.350. The summed E-state index contributed by atoms with van der Waals surface area (Å²) >= 11 is 0. The lowest BCUT2D eigenvalue weighted by atomic mass is 10.1. The van der Waals surface area contributed by atoms with Crippen LogP contribution in [0, 0.1) is 6.92 Å². The normalized spacial score (nSPS) is 17.2. The molecule has 1 heterocycles. The van der Waals surface area contributed by atoms with Gasteiger partial charge in [-0.05, 0) is 24.1 Å². The molecule has 6 heteroatoms. The van der Waals surface area contributed by atoms with Gasteiger partial charge in [0.25, 0.3) is 0 Å². The number of hydrogen-bond acceptors (Lipinski definition) is 4. The predicted molar refractivity (Wildman–Crippen MR) is 103 cm³/mol. The summed E-state index contributed by atoms with van der Waals surface area (Å²) in [5.41, 5.74) is 8.88. The van der Waals surface area contributed by atoms with E-state index in [0.29, 0.717) is 13.2 Å². The highest BCUT2D eigenvalue weighted by Crippen LogP contribution is 2.24. The molecule has 1 aliphatic heterocycles. The Bertz CT molecular complexity index is 718. The van der Waals surface area contributed by atoms with Crippen LogP contribution < -0.4 is 15.8 Å². The Hall–Kier alpha value is -2.08. The molecule has 0 saturated carbocycles. The highest BCUT2D eigenvalue weighted by molar-refractivity contribution is 5.85. The van der Waals surface area contributed by atoms with Crippen molar-refractivity contribution in [2.24, 2.45) is 5.73 Å². The molecule has 0 aliphatic carbocycles. The molecule has 3 N–H and O–H groups in total. The third kappa shape index (κ3) is 5.21. The number of ether oxygens (including phenoxy) is 2. The molecule has 1 saturated heterocycles. The van der Waals surface area contributed by atoms with Crippen molar-refractivity contribution in [3.05, 3.63) is 65.2 Å². The lowest BCUT2D eigenvalue weighted by molar-refractivity contribution is -0.122. The number of rotatable bonds is 6. The third-order valence-electron chi connectivity index (χ3n) is 4.30. The van der Waals surface area contributed by atoms with E-state index in [1.807, 2.05) is 55.5 Å². The zero-order chi connectivity index (χ0) is 17.6. The van der Waals surface area contributed by atoms with Gasteiger partial charge in [-0.1, -0.05) is 42.5 Å². The Morgan fingerprint density at radius 3 is 2.77 bits per heavy atom. The van der Waals surface area contributed by atoms with E-state index in [0.717, 1.165) is 35.5 Å². The number of benzene rings is 2. The van der Waals surface area contributed by atoms with Crippen molar-refractivity contribution in [2.75, 3.05) is 13.2 Å². The Morgan fingerprint density at radius 2 is 2.08 bits per heavy atom. The highest BCUT2D eigenvalue weighted by atomic mass is 35.5. The van der Waals surface area contributed by atoms with Gasteiger partial charge in [0, 0.05) is 18.5 Å². The molecule has 1 fully saturated rings. The van der Waals surface area contributed by atoms with Crippen LogP contribution in [0.25, 0.3) is 0 Å². The van der Waals surface area contributed by atoms with Crippen molar-refractivity contribution in [2.45, 2.75) is 32.0 Å². The van der Waals surface area contributed by atoms with Gasteiger partial charge in [-0.25, -0.2) is 0 Å². The first-order chi connectivity index (χ1) is 12.1. The lowest BCUT2D eigenvalue weighted by Gasteiger charge is -2.18. The van der Waals surface area contributed by atoms with Gasteiger partial charge in [0.1, 0.15) is 17.9 Å². The van der Waals surface area contributed by atoms with Crippen molar-refractivity contribution < 1.29 is 14.3 Å². The molecule has 2 unspecified atom stereocenters. The van der Waals surface area contributed by atoms with Crippen LogP contribution in [0.5, 0.6) is 5.75 Å². The van der Waals surface area contributed by atoms with E-state index in [2.05, 4.69) is 5.32 Å². The smallest absolute Gasteiger partial charge is 0.241 e. The monoisotopic (exact) mass is 376 g/mol. The van der Waals surface area contributed by atoms with Crippen LogP contribution in [-0.4, -0.2) is 25.2 Å². The molecule has 0 spiro atoms. The number of amides is 1. The third-order valence-corrected chi connectivity index (χ3v) is 4.30. The summed E-state index contributed by atoms with van der Waals surface area (Å²) in [5, 5.41) is 2.91. The van der Waals surface area contributed by atoms with Crippen molar-refractivity contribution in [3.8, 4) is 5.75 Å². The Morgan fingerprint density at radius 1 is 1.31 bits per heavy atom. The first-order valence-electron chi connectivity index (χ1n) is 8.55. The zero-order valence-electron chi connectivity index (χ0n) is 14.8. The number of hydrogen-bond donors (Lipinski definition) is 2. The molecule has 2 aromatic carbocycles. The fourth-order valence-electron chi connectivity index (χ4n) is 2.81. The van der Waals surface area contributed by atoms with Gasteiger partial charge in [0.05, 0.1) is 13.2 Å². The molecular formula is C20H25ClN2O3. The van der Waals surface area contributed by atoms with Gasteiger partial charge in [-0.15, -0.1) is 12.4 Å². The Balaban J connectivity index is 0.00000243. The molecular weight excluding hydrogens is 352 g/mol. The van der Waals surface area contributed by atoms with E-state index < -0.39 is 6.04 Å². The van der Waals surface area contributed by atoms with E-state index in [9.17, 15) is 4.79 Å². The second kappa shape index (κ2) is 9.57. The topological polar surface area (TPSA) is 73.6 Å². The molecule has 140 valence electrons. The summed E-state index contributed by atoms with van der Waals surface area (Å²) in [6, 6.07) is 14.7. The van der Waals surface area contributed by atoms with E-state index >= 15 is 0 Å². The lowest BCUT2D eigenvalue weighted by Crippen LogP contribution is -2.33. The fourth-order valence-corrected chi connectivity index (χ4v) is 2.81. The average Bonchev–Trinajstić information content (AvgIpc) is 3.14. The molecule has 5 nitrogen and oxygen atoms in total. The molecule has 0 bridgehead atoms. The van der Waals surface area contributed by atoms with Crippen LogP contribution in [0.1, 0.15) is 29.2 Å². The maximum Gasteiger partial charge on any atom is 0.241 e. The maximum atomic E-state index is 12.3. The SMILES string of the molecule is Cc1ccc(CNC(=O)C(N)c2ccccc2)c(OC2CCOC2)c1.Cl. The minimum absolute atomic E-state index is 0. The van der Waals surface area contributed by atoms with Crippen molar-refractivity contribution in [1.29, 1.82) is 0 Å². The van der Waals surface area contributed by atoms with Crippen LogP contribution in [0.3, 0.4) is 0 Å². The summed E-state index contributed by atoms with van der Waals surface area (Å²) < 4.78 is 11.4. The molecule has 1 amide bonds. The molecule has 2 aromatic rings. The zero-order valence-corrected chi connectivity index (χ0v) is 15.6. The quantitative estimate of drug-likeness (QED) is 0.813. The van der Waals surface area contributed by atoms with Crippen molar-refractivity contribution >= 4 is 18.3 Å². The molecule has 0 radical (unpaired) electrons. The number of nitrogens with one attached hydrogen (secondary N) is 1. The molecule has 2 atom stereocenters. The van der Waals surface area contributed by atoms with Crippen LogP contribution in [-0.2, 0) is 16.1 Å². The van der Waals surface area contributed by atoms with Crippen LogP contribution in [0.15, 0.2) is 48.5 Å². The summed E-state index contributed by atoms with van der Waals surface area (Å²) in [7, 11) is 0. The van der Waals surface area contributed by atoms with Crippen molar-refractivity contribution in [3.63, 3.8) is 0 Å². The van der Waals surface area contributed by atoms with Gasteiger partial charge in [0.2, 0.25) is 5.91 Å². The van der Waals surface area contributed by atoms with Gasteiger partial charge >= 0.3 is 0 Å². The van der Waals surface area contributed by atoms with Gasteiger partial charge in [-0.3, -0.25) is 4.79 Å². The molecule has 0 aromatic heterocycles. The summed E-state index contributed by atoms with van der Waals surface area (Å²) in [4.78, 5) is 12.3. The Kier molecular flexibility index (Phi) is 7.45.